The van der Waals surface area contributed by atoms with Crippen molar-refractivity contribution in [1.29, 1.82) is 0 Å². The van der Waals surface area contributed by atoms with E-state index in [-0.39, 0.29) is 33.2 Å². The Hall–Kier alpha value is -0.466. The summed E-state index contributed by atoms with van der Waals surface area (Å²) in [5.74, 6) is -0.153. The van der Waals surface area contributed by atoms with Gasteiger partial charge in [0.05, 0.1) is 0 Å². The molecule has 2 N–H and O–H groups in total. The summed E-state index contributed by atoms with van der Waals surface area (Å²) in [6.45, 7) is 0. The van der Waals surface area contributed by atoms with Crippen LogP contribution in [0.1, 0.15) is 0 Å². The van der Waals surface area contributed by atoms with Crippen LogP contribution in [0.5, 0.6) is 11.5 Å². The first-order valence-electron chi connectivity index (χ1n) is 2.27. The van der Waals surface area contributed by atoms with Crippen LogP contribution in [0.15, 0.2) is 24.3 Å². The first-order chi connectivity index (χ1) is 3.80. The van der Waals surface area contributed by atoms with Gasteiger partial charge in [0.25, 0.3) is 0 Å². The van der Waals surface area contributed by atoms with Crippen LogP contribution in [0.3, 0.4) is 0 Å². The molecular weight excluding hydrogens is 152 g/mol. The average molecular weight is 158 g/mol. The van der Waals surface area contributed by atoms with E-state index in [9.17, 15) is 0 Å². The molecule has 0 unspecified atom stereocenters. The third kappa shape index (κ3) is 2.08. The van der Waals surface area contributed by atoms with Crippen LogP contribution in [0.4, 0.5) is 0 Å². The molecule has 3 heteroatoms. The second kappa shape index (κ2) is 3.54. The molecule has 0 amide bonds. The molecular formula is C6H6O2Ti. The Balaban J connectivity index is 0.000000640. The monoisotopic (exact) mass is 158 g/mol. The van der Waals surface area contributed by atoms with E-state index in [4.69, 9.17) is 10.2 Å². The summed E-state index contributed by atoms with van der Waals surface area (Å²) < 4.78 is 0. The molecule has 46 valence electrons. The van der Waals surface area contributed by atoms with Crippen LogP contribution in [-0.2, 0) is 21.7 Å². The Kier molecular flexibility index (Phi) is 3.36. The molecule has 0 radical (unpaired) electrons. The van der Waals surface area contributed by atoms with E-state index in [2.05, 4.69) is 0 Å². The molecule has 2 nitrogen and oxygen atoms in total. The zero-order valence-corrected chi connectivity index (χ0v) is 6.27. The van der Waals surface area contributed by atoms with Gasteiger partial charge in [-0.15, -0.1) is 0 Å². The molecule has 0 saturated heterocycles. The fourth-order valence-corrected chi connectivity index (χ4v) is 0.464. The minimum absolute atomic E-state index is 0. The van der Waals surface area contributed by atoms with Crippen molar-refractivity contribution in [2.45, 2.75) is 0 Å². The summed E-state index contributed by atoms with van der Waals surface area (Å²) in [6, 6.07) is 6.15. The maximum absolute atomic E-state index is 8.67. The number of phenolic OH excluding ortho intramolecular Hbond substituents is 2. The molecule has 0 aliphatic rings. The van der Waals surface area contributed by atoms with Gasteiger partial charge in [-0.05, 0) is 12.1 Å². The Bertz CT molecular complexity index is 167. The number of phenols is 2. The van der Waals surface area contributed by atoms with Crippen molar-refractivity contribution in [3.8, 4) is 11.5 Å². The predicted molar refractivity (Wildman–Crippen MR) is 29.8 cm³/mol. The predicted octanol–water partition coefficient (Wildman–Crippen LogP) is 1.10. The minimum Gasteiger partial charge on any atom is -0.504 e. The summed E-state index contributed by atoms with van der Waals surface area (Å²) in [5, 5.41) is 17.3. The van der Waals surface area contributed by atoms with Gasteiger partial charge in [-0.3, -0.25) is 0 Å². The van der Waals surface area contributed by atoms with Crippen LogP contribution in [0.2, 0.25) is 0 Å². The Morgan fingerprint density at radius 3 is 1.44 bits per heavy atom. The van der Waals surface area contributed by atoms with Gasteiger partial charge < -0.3 is 10.2 Å². The van der Waals surface area contributed by atoms with Gasteiger partial charge in [0.15, 0.2) is 11.5 Å². The molecule has 0 aliphatic heterocycles. The fourth-order valence-electron chi connectivity index (χ4n) is 0.464. The van der Waals surface area contributed by atoms with Crippen molar-refractivity contribution in [2.75, 3.05) is 0 Å². The molecule has 0 spiro atoms. The molecule has 0 bridgehead atoms. The van der Waals surface area contributed by atoms with Gasteiger partial charge in [0.1, 0.15) is 0 Å². The van der Waals surface area contributed by atoms with Gasteiger partial charge in [-0.25, -0.2) is 0 Å². The van der Waals surface area contributed by atoms with Crippen LogP contribution >= 0.6 is 0 Å². The van der Waals surface area contributed by atoms with Crippen LogP contribution in [-0.4, -0.2) is 10.2 Å². The van der Waals surface area contributed by atoms with Crippen LogP contribution < -0.4 is 0 Å². The van der Waals surface area contributed by atoms with Crippen molar-refractivity contribution in [1.82, 2.24) is 0 Å². The van der Waals surface area contributed by atoms with Crippen molar-refractivity contribution < 1.29 is 31.9 Å². The summed E-state index contributed by atoms with van der Waals surface area (Å²) in [4.78, 5) is 0. The molecule has 9 heavy (non-hydrogen) atoms. The Morgan fingerprint density at radius 2 is 1.22 bits per heavy atom. The maximum atomic E-state index is 8.67. The molecule has 0 heterocycles. The fraction of sp³-hybridized carbons (Fsp3) is 0. The van der Waals surface area contributed by atoms with E-state index < -0.39 is 0 Å². The number of aromatic hydroxyl groups is 2. The summed E-state index contributed by atoms with van der Waals surface area (Å²) in [5.41, 5.74) is 0. The van der Waals surface area contributed by atoms with E-state index >= 15 is 0 Å². The molecule has 0 saturated carbocycles. The zero-order valence-electron chi connectivity index (χ0n) is 4.70. The van der Waals surface area contributed by atoms with Gasteiger partial charge in [0, 0.05) is 21.7 Å². The van der Waals surface area contributed by atoms with E-state index in [0.717, 1.165) is 0 Å². The largest absolute Gasteiger partial charge is 0.504 e. The Morgan fingerprint density at radius 1 is 0.889 bits per heavy atom. The van der Waals surface area contributed by atoms with E-state index in [1.807, 2.05) is 0 Å². The number of hydrogen-bond acceptors (Lipinski definition) is 2. The maximum Gasteiger partial charge on any atom is 0.157 e. The van der Waals surface area contributed by atoms with Gasteiger partial charge in [-0.1, -0.05) is 12.1 Å². The molecule has 0 aromatic heterocycles. The second-order valence-electron chi connectivity index (χ2n) is 1.49. The first kappa shape index (κ1) is 8.53. The van der Waals surface area contributed by atoms with E-state index in [1.165, 1.54) is 12.1 Å². The topological polar surface area (TPSA) is 40.5 Å². The van der Waals surface area contributed by atoms with Crippen LogP contribution in [0.25, 0.3) is 0 Å². The number of para-hydroxylation sites is 2. The van der Waals surface area contributed by atoms with E-state index in [0.29, 0.717) is 0 Å². The quantitative estimate of drug-likeness (QED) is 0.438. The normalized spacial score (nSPS) is 8.00. The number of benzene rings is 1. The molecule has 0 fully saturated rings. The van der Waals surface area contributed by atoms with Crippen molar-refractivity contribution in [2.24, 2.45) is 0 Å². The summed E-state index contributed by atoms with van der Waals surface area (Å²) >= 11 is 0. The summed E-state index contributed by atoms with van der Waals surface area (Å²) in [6.07, 6.45) is 0. The van der Waals surface area contributed by atoms with Crippen molar-refractivity contribution >= 4 is 0 Å². The average Bonchev–Trinajstić information content (AvgIpc) is 1.77. The molecule has 1 aromatic rings. The van der Waals surface area contributed by atoms with Gasteiger partial charge in [0.2, 0.25) is 0 Å². The first-order valence-corrected chi connectivity index (χ1v) is 2.27. The number of rotatable bonds is 0. The third-order valence-electron chi connectivity index (χ3n) is 0.882. The van der Waals surface area contributed by atoms with Crippen LogP contribution in [0, 0.1) is 0 Å². The van der Waals surface area contributed by atoms with E-state index in [1.54, 1.807) is 12.1 Å². The smallest absolute Gasteiger partial charge is 0.157 e. The third-order valence-corrected chi connectivity index (χ3v) is 0.882. The van der Waals surface area contributed by atoms with Crippen molar-refractivity contribution in [3.63, 3.8) is 0 Å². The van der Waals surface area contributed by atoms with Crippen molar-refractivity contribution in [3.05, 3.63) is 24.3 Å². The number of hydrogen-bond donors (Lipinski definition) is 2. The molecule has 1 rings (SSSR count). The van der Waals surface area contributed by atoms with Gasteiger partial charge >= 0.3 is 0 Å². The molecule has 1 aromatic carbocycles. The van der Waals surface area contributed by atoms with Gasteiger partial charge in [-0.2, -0.15) is 0 Å². The Labute approximate surface area is 68.0 Å². The SMILES string of the molecule is Oc1ccccc1O.[Ti]. The zero-order chi connectivity index (χ0) is 5.98. The molecule has 0 aliphatic carbocycles. The second-order valence-corrected chi connectivity index (χ2v) is 1.49. The standard InChI is InChI=1S/C6H6O2.Ti/c7-5-3-1-2-4-6(5)8;/h1-4,7-8H;. The minimum atomic E-state index is -0.0764. The molecule has 0 atom stereocenters. The summed E-state index contributed by atoms with van der Waals surface area (Å²) in [7, 11) is 0.